The van der Waals surface area contributed by atoms with E-state index < -0.39 is 0 Å². The van der Waals surface area contributed by atoms with E-state index >= 15 is 0 Å². The second-order valence-electron chi connectivity index (χ2n) is 1.46. The van der Waals surface area contributed by atoms with Crippen molar-refractivity contribution in [1.82, 2.24) is 0 Å². The SMILES string of the molecule is COC(=O)/C=C\C=C\CCl. The number of alkyl halides is 1. The standard InChI is InChI=1S/C7H9ClO2/c1-10-7(9)5-3-2-4-6-8/h2-5H,6H2,1H3/b4-2+,5-3-. The molecule has 2 nitrogen and oxygen atoms in total. The fourth-order valence-electron chi connectivity index (χ4n) is 0.332. The molecule has 0 amide bonds. The Morgan fingerprint density at radius 2 is 2.30 bits per heavy atom. The fraction of sp³-hybridized carbons (Fsp3) is 0.286. The van der Waals surface area contributed by atoms with Crippen molar-refractivity contribution in [3.8, 4) is 0 Å². The molecular formula is C7H9ClO2. The zero-order valence-electron chi connectivity index (χ0n) is 5.71. The van der Waals surface area contributed by atoms with Crippen LogP contribution in [0.4, 0.5) is 0 Å². The molecule has 0 bridgehead atoms. The normalized spacial score (nSPS) is 11.0. The first-order valence-corrected chi connectivity index (χ1v) is 3.32. The van der Waals surface area contributed by atoms with Crippen LogP contribution in [0.5, 0.6) is 0 Å². The zero-order valence-corrected chi connectivity index (χ0v) is 6.47. The van der Waals surface area contributed by atoms with E-state index in [0.29, 0.717) is 5.88 Å². The largest absolute Gasteiger partial charge is 0.466 e. The fourth-order valence-corrected chi connectivity index (χ4v) is 0.435. The first kappa shape index (κ1) is 9.24. The van der Waals surface area contributed by atoms with Gasteiger partial charge in [0.2, 0.25) is 0 Å². The lowest BCUT2D eigenvalue weighted by atomic mass is 10.4. The molecule has 0 N–H and O–H groups in total. The van der Waals surface area contributed by atoms with Crippen molar-refractivity contribution in [1.29, 1.82) is 0 Å². The molecule has 0 aromatic heterocycles. The maximum absolute atomic E-state index is 10.4. The Bertz CT molecular complexity index is 150. The minimum absolute atomic E-state index is 0.362. The van der Waals surface area contributed by atoms with Gasteiger partial charge in [0.25, 0.3) is 0 Å². The first-order chi connectivity index (χ1) is 4.81. The Kier molecular flexibility index (Phi) is 5.88. The molecular weight excluding hydrogens is 152 g/mol. The summed E-state index contributed by atoms with van der Waals surface area (Å²) < 4.78 is 4.34. The summed E-state index contributed by atoms with van der Waals surface area (Å²) in [6.07, 6.45) is 6.31. The van der Waals surface area contributed by atoms with Crippen molar-refractivity contribution in [3.63, 3.8) is 0 Å². The lowest BCUT2D eigenvalue weighted by Gasteiger charge is -1.85. The summed E-state index contributed by atoms with van der Waals surface area (Å²) in [5.74, 6) is 0.0881. The van der Waals surface area contributed by atoms with E-state index in [1.165, 1.54) is 13.2 Å². The third-order valence-electron chi connectivity index (χ3n) is 0.770. The summed E-state index contributed by atoms with van der Waals surface area (Å²) in [6, 6.07) is 0. The van der Waals surface area contributed by atoms with Gasteiger partial charge in [0.1, 0.15) is 0 Å². The van der Waals surface area contributed by atoms with Crippen LogP contribution in [0.2, 0.25) is 0 Å². The topological polar surface area (TPSA) is 26.3 Å². The molecule has 0 aliphatic rings. The van der Waals surface area contributed by atoms with Gasteiger partial charge in [-0.25, -0.2) is 4.79 Å². The van der Waals surface area contributed by atoms with Crippen LogP contribution in [0.25, 0.3) is 0 Å². The lowest BCUT2D eigenvalue weighted by molar-refractivity contribution is -0.134. The summed E-state index contributed by atoms with van der Waals surface area (Å²) >= 11 is 5.31. The van der Waals surface area contributed by atoms with E-state index in [4.69, 9.17) is 11.6 Å². The molecule has 0 radical (unpaired) electrons. The Labute approximate surface area is 65.1 Å². The number of methoxy groups -OCH3 is 1. The van der Waals surface area contributed by atoms with Crippen molar-refractivity contribution in [2.75, 3.05) is 13.0 Å². The van der Waals surface area contributed by atoms with Crippen molar-refractivity contribution >= 4 is 17.6 Å². The average molecular weight is 161 g/mol. The third kappa shape index (κ3) is 5.38. The molecule has 0 aliphatic carbocycles. The van der Waals surface area contributed by atoms with Crippen LogP contribution in [0.3, 0.4) is 0 Å². The summed E-state index contributed by atoms with van der Waals surface area (Å²) in [5.41, 5.74) is 0. The molecule has 0 aliphatic heterocycles. The van der Waals surface area contributed by atoms with Gasteiger partial charge < -0.3 is 4.74 Å². The molecule has 3 heteroatoms. The van der Waals surface area contributed by atoms with Gasteiger partial charge in [-0.2, -0.15) is 0 Å². The van der Waals surface area contributed by atoms with Crippen LogP contribution in [-0.2, 0) is 9.53 Å². The van der Waals surface area contributed by atoms with Crippen LogP contribution >= 0.6 is 11.6 Å². The van der Waals surface area contributed by atoms with Gasteiger partial charge in [0.05, 0.1) is 7.11 Å². The molecule has 0 aromatic rings. The highest BCUT2D eigenvalue weighted by molar-refractivity contribution is 6.18. The van der Waals surface area contributed by atoms with Gasteiger partial charge in [0, 0.05) is 12.0 Å². The quantitative estimate of drug-likeness (QED) is 0.271. The Morgan fingerprint density at radius 1 is 1.60 bits per heavy atom. The molecule has 0 fully saturated rings. The Morgan fingerprint density at radius 3 is 2.80 bits per heavy atom. The summed E-state index contributed by atoms with van der Waals surface area (Å²) in [5, 5.41) is 0. The highest BCUT2D eigenvalue weighted by atomic mass is 35.5. The van der Waals surface area contributed by atoms with Crippen molar-refractivity contribution in [2.24, 2.45) is 0 Å². The number of carbonyl (C=O) groups is 1. The summed E-state index contributed by atoms with van der Waals surface area (Å²) in [7, 11) is 1.33. The van der Waals surface area contributed by atoms with Gasteiger partial charge in [0.15, 0.2) is 0 Å². The van der Waals surface area contributed by atoms with E-state index in [9.17, 15) is 4.79 Å². The molecule has 56 valence electrons. The van der Waals surface area contributed by atoms with Crippen molar-refractivity contribution in [3.05, 3.63) is 24.3 Å². The number of ether oxygens (including phenoxy) is 1. The highest BCUT2D eigenvalue weighted by Crippen LogP contribution is 1.82. The Hall–Kier alpha value is -0.760. The molecule has 0 spiro atoms. The van der Waals surface area contributed by atoms with Crippen molar-refractivity contribution in [2.45, 2.75) is 0 Å². The molecule has 0 saturated heterocycles. The molecule has 0 heterocycles. The van der Waals surface area contributed by atoms with Gasteiger partial charge in [-0.05, 0) is 0 Å². The molecule has 0 saturated carbocycles. The predicted molar refractivity (Wildman–Crippen MR) is 41.0 cm³/mol. The maximum atomic E-state index is 10.4. The number of hydrogen-bond donors (Lipinski definition) is 0. The number of halogens is 1. The maximum Gasteiger partial charge on any atom is 0.330 e. The molecule has 0 unspecified atom stereocenters. The number of hydrogen-bond acceptors (Lipinski definition) is 2. The Balaban J connectivity index is 3.55. The van der Waals surface area contributed by atoms with Crippen LogP contribution in [0, 0.1) is 0 Å². The van der Waals surface area contributed by atoms with Crippen LogP contribution in [0.15, 0.2) is 24.3 Å². The highest BCUT2D eigenvalue weighted by Gasteiger charge is 1.85. The monoisotopic (exact) mass is 160 g/mol. The van der Waals surface area contributed by atoms with Crippen LogP contribution in [-0.4, -0.2) is 19.0 Å². The van der Waals surface area contributed by atoms with Gasteiger partial charge in [-0.1, -0.05) is 18.2 Å². The van der Waals surface area contributed by atoms with Crippen LogP contribution in [0.1, 0.15) is 0 Å². The second kappa shape index (κ2) is 6.36. The summed E-state index contributed by atoms with van der Waals surface area (Å²) in [6.45, 7) is 0. The second-order valence-corrected chi connectivity index (χ2v) is 1.77. The lowest BCUT2D eigenvalue weighted by Crippen LogP contribution is -1.92. The predicted octanol–water partition coefficient (Wildman–Crippen LogP) is 1.51. The number of esters is 1. The first-order valence-electron chi connectivity index (χ1n) is 2.78. The smallest absolute Gasteiger partial charge is 0.330 e. The molecule has 0 atom stereocenters. The van der Waals surface area contributed by atoms with E-state index in [-0.39, 0.29) is 5.97 Å². The van der Waals surface area contributed by atoms with Crippen LogP contribution < -0.4 is 0 Å². The third-order valence-corrected chi connectivity index (χ3v) is 0.948. The average Bonchev–Trinajstić information content (AvgIpc) is 1.98. The van der Waals surface area contributed by atoms with E-state index in [0.717, 1.165) is 0 Å². The van der Waals surface area contributed by atoms with Gasteiger partial charge in [-0.15, -0.1) is 11.6 Å². The number of allylic oxidation sites excluding steroid dienone is 3. The molecule has 0 rings (SSSR count). The minimum Gasteiger partial charge on any atom is -0.466 e. The minimum atomic E-state index is -0.362. The van der Waals surface area contributed by atoms with Gasteiger partial charge >= 0.3 is 5.97 Å². The molecule has 10 heavy (non-hydrogen) atoms. The number of carbonyl (C=O) groups excluding carboxylic acids is 1. The van der Waals surface area contributed by atoms with E-state index in [1.807, 2.05) is 0 Å². The zero-order chi connectivity index (χ0) is 7.82. The molecule has 0 aromatic carbocycles. The van der Waals surface area contributed by atoms with Crippen molar-refractivity contribution < 1.29 is 9.53 Å². The number of rotatable bonds is 3. The van der Waals surface area contributed by atoms with E-state index in [1.54, 1.807) is 18.2 Å². The van der Waals surface area contributed by atoms with E-state index in [2.05, 4.69) is 4.74 Å². The van der Waals surface area contributed by atoms with Gasteiger partial charge in [-0.3, -0.25) is 0 Å². The summed E-state index contributed by atoms with van der Waals surface area (Å²) in [4.78, 5) is 10.4.